The van der Waals surface area contributed by atoms with Gasteiger partial charge in [-0.25, -0.2) is 0 Å². The van der Waals surface area contributed by atoms with Gasteiger partial charge in [0.1, 0.15) is 0 Å². The van der Waals surface area contributed by atoms with Gasteiger partial charge in [0.05, 0.1) is 17.7 Å². The largest absolute Gasteiger partial charge is 0.490 e. The fourth-order valence-corrected chi connectivity index (χ4v) is 2.42. The van der Waals surface area contributed by atoms with E-state index in [-0.39, 0.29) is 0 Å². The highest BCUT2D eigenvalue weighted by molar-refractivity contribution is 9.10. The summed E-state index contributed by atoms with van der Waals surface area (Å²) in [7, 11) is 0. The molecule has 1 aromatic carbocycles. The van der Waals surface area contributed by atoms with Gasteiger partial charge in [0.2, 0.25) is 0 Å². The molecule has 0 aliphatic heterocycles. The van der Waals surface area contributed by atoms with E-state index in [1.54, 1.807) is 0 Å². The second kappa shape index (κ2) is 10.0. The Labute approximate surface area is 129 Å². The molecule has 0 heterocycles. The summed E-state index contributed by atoms with van der Waals surface area (Å²) in [5.41, 5.74) is 6.74. The van der Waals surface area contributed by atoms with Gasteiger partial charge in [0.15, 0.2) is 11.5 Å². The average molecular weight is 346 g/mol. The Morgan fingerprint density at radius 3 is 2.55 bits per heavy atom. The van der Waals surface area contributed by atoms with Crippen LogP contribution in [0.15, 0.2) is 16.6 Å². The quantitative estimate of drug-likeness (QED) is 0.662. The number of ether oxygens (including phenoxy) is 3. The molecule has 0 unspecified atom stereocenters. The van der Waals surface area contributed by atoms with Gasteiger partial charge in [-0.05, 0) is 60.4 Å². The maximum atomic E-state index is 5.82. The van der Waals surface area contributed by atoms with Crippen LogP contribution in [0.2, 0.25) is 0 Å². The molecule has 0 fully saturated rings. The molecule has 0 amide bonds. The lowest BCUT2D eigenvalue weighted by Gasteiger charge is -2.15. The van der Waals surface area contributed by atoms with Crippen molar-refractivity contribution in [2.24, 2.45) is 5.73 Å². The summed E-state index contributed by atoms with van der Waals surface area (Å²) in [5.74, 6) is 1.52. The van der Waals surface area contributed by atoms with Crippen LogP contribution in [0.25, 0.3) is 0 Å². The molecule has 1 rings (SSSR count). The molecule has 0 bridgehead atoms. The molecule has 0 aliphatic carbocycles. The molecule has 0 radical (unpaired) electrons. The summed E-state index contributed by atoms with van der Waals surface area (Å²) in [4.78, 5) is 0. The molecule has 114 valence electrons. The van der Waals surface area contributed by atoms with E-state index < -0.39 is 0 Å². The van der Waals surface area contributed by atoms with E-state index in [0.717, 1.165) is 41.0 Å². The maximum absolute atomic E-state index is 5.82. The van der Waals surface area contributed by atoms with Gasteiger partial charge in [0, 0.05) is 19.6 Å². The van der Waals surface area contributed by atoms with Crippen LogP contribution in [-0.4, -0.2) is 33.0 Å². The van der Waals surface area contributed by atoms with Crippen LogP contribution >= 0.6 is 15.9 Å². The molecule has 4 nitrogen and oxygen atoms in total. The van der Waals surface area contributed by atoms with E-state index in [2.05, 4.69) is 15.9 Å². The third-order valence-electron chi connectivity index (χ3n) is 2.69. The molecule has 20 heavy (non-hydrogen) atoms. The second-order valence-electron chi connectivity index (χ2n) is 4.28. The lowest BCUT2D eigenvalue weighted by Crippen LogP contribution is -2.07. The van der Waals surface area contributed by atoms with Crippen LogP contribution < -0.4 is 15.2 Å². The minimum Gasteiger partial charge on any atom is -0.490 e. The van der Waals surface area contributed by atoms with E-state index in [1.165, 1.54) is 0 Å². The number of hydrogen-bond donors (Lipinski definition) is 1. The summed E-state index contributed by atoms with van der Waals surface area (Å²) in [6.45, 7) is 7.23. The van der Waals surface area contributed by atoms with E-state index in [1.807, 2.05) is 26.0 Å². The zero-order valence-electron chi connectivity index (χ0n) is 12.3. The summed E-state index contributed by atoms with van der Waals surface area (Å²) in [5, 5.41) is 0. The van der Waals surface area contributed by atoms with Crippen molar-refractivity contribution in [1.82, 2.24) is 0 Å². The molecule has 0 aliphatic rings. The SMILES string of the molecule is CCOCCCOc1c(Br)cc(CCN)cc1OCC. The highest BCUT2D eigenvalue weighted by Gasteiger charge is 2.12. The van der Waals surface area contributed by atoms with Crippen molar-refractivity contribution in [3.63, 3.8) is 0 Å². The van der Waals surface area contributed by atoms with Crippen LogP contribution in [0, 0.1) is 0 Å². The first-order valence-corrected chi connectivity index (χ1v) is 7.88. The van der Waals surface area contributed by atoms with Crippen LogP contribution in [-0.2, 0) is 11.2 Å². The Morgan fingerprint density at radius 1 is 1.10 bits per heavy atom. The van der Waals surface area contributed by atoms with Gasteiger partial charge in [-0.3, -0.25) is 0 Å². The maximum Gasteiger partial charge on any atom is 0.175 e. The highest BCUT2D eigenvalue weighted by atomic mass is 79.9. The molecular formula is C15H24BrNO3. The standard InChI is InChI=1S/C15H24BrNO3/c1-3-18-8-5-9-20-15-13(16)10-12(6-7-17)11-14(15)19-4-2/h10-11H,3-9,17H2,1-2H3. The summed E-state index contributed by atoms with van der Waals surface area (Å²) >= 11 is 3.54. The molecule has 0 saturated heterocycles. The van der Waals surface area contributed by atoms with Gasteiger partial charge < -0.3 is 19.9 Å². The third kappa shape index (κ3) is 5.69. The monoisotopic (exact) mass is 345 g/mol. The molecule has 2 N–H and O–H groups in total. The van der Waals surface area contributed by atoms with Crippen molar-refractivity contribution in [3.05, 3.63) is 22.2 Å². The molecule has 0 aromatic heterocycles. The van der Waals surface area contributed by atoms with Crippen molar-refractivity contribution >= 4 is 15.9 Å². The molecule has 0 spiro atoms. The zero-order chi connectivity index (χ0) is 14.8. The number of rotatable bonds is 10. The normalized spacial score (nSPS) is 10.6. The number of halogens is 1. The van der Waals surface area contributed by atoms with Crippen LogP contribution in [0.5, 0.6) is 11.5 Å². The first-order chi connectivity index (χ1) is 9.72. The Kier molecular flexibility index (Phi) is 8.65. The predicted molar refractivity (Wildman–Crippen MR) is 84.7 cm³/mol. The van der Waals surface area contributed by atoms with Crippen molar-refractivity contribution in [2.45, 2.75) is 26.7 Å². The highest BCUT2D eigenvalue weighted by Crippen LogP contribution is 2.37. The Morgan fingerprint density at radius 2 is 1.90 bits per heavy atom. The topological polar surface area (TPSA) is 53.7 Å². The van der Waals surface area contributed by atoms with Gasteiger partial charge in [0.25, 0.3) is 0 Å². The molecule has 0 atom stereocenters. The lowest BCUT2D eigenvalue weighted by molar-refractivity contribution is 0.130. The minimum absolute atomic E-state index is 0.605. The lowest BCUT2D eigenvalue weighted by atomic mass is 10.1. The Balaban J connectivity index is 2.71. The number of nitrogens with two attached hydrogens (primary N) is 1. The predicted octanol–water partition coefficient (Wildman–Crippen LogP) is 3.15. The second-order valence-corrected chi connectivity index (χ2v) is 5.13. The fourth-order valence-electron chi connectivity index (χ4n) is 1.81. The van der Waals surface area contributed by atoms with Gasteiger partial charge in [-0.15, -0.1) is 0 Å². The van der Waals surface area contributed by atoms with E-state index in [4.69, 9.17) is 19.9 Å². The Bertz CT molecular complexity index is 399. The van der Waals surface area contributed by atoms with Gasteiger partial charge >= 0.3 is 0 Å². The first-order valence-electron chi connectivity index (χ1n) is 7.08. The number of hydrogen-bond acceptors (Lipinski definition) is 4. The molecule has 1 aromatic rings. The van der Waals surface area contributed by atoms with Crippen LogP contribution in [0.4, 0.5) is 0 Å². The van der Waals surface area contributed by atoms with Gasteiger partial charge in [-0.2, -0.15) is 0 Å². The summed E-state index contributed by atoms with van der Waals surface area (Å²) in [6.07, 6.45) is 1.68. The number of benzene rings is 1. The van der Waals surface area contributed by atoms with Gasteiger partial charge in [-0.1, -0.05) is 0 Å². The first kappa shape index (κ1) is 17.3. The summed E-state index contributed by atoms with van der Waals surface area (Å²) < 4.78 is 17.7. The molecule has 5 heteroatoms. The molecular weight excluding hydrogens is 322 g/mol. The van der Waals surface area contributed by atoms with Crippen molar-refractivity contribution in [3.8, 4) is 11.5 Å². The minimum atomic E-state index is 0.605. The fraction of sp³-hybridized carbons (Fsp3) is 0.600. The van der Waals surface area contributed by atoms with E-state index >= 15 is 0 Å². The third-order valence-corrected chi connectivity index (χ3v) is 3.27. The smallest absolute Gasteiger partial charge is 0.175 e. The van der Waals surface area contributed by atoms with Crippen LogP contribution in [0.3, 0.4) is 0 Å². The molecule has 0 saturated carbocycles. The summed E-state index contributed by atoms with van der Waals surface area (Å²) in [6, 6.07) is 4.03. The van der Waals surface area contributed by atoms with Crippen molar-refractivity contribution in [1.29, 1.82) is 0 Å². The Hall–Kier alpha value is -0.780. The van der Waals surface area contributed by atoms with Crippen molar-refractivity contribution < 1.29 is 14.2 Å². The average Bonchev–Trinajstić information content (AvgIpc) is 2.42. The van der Waals surface area contributed by atoms with E-state index in [0.29, 0.717) is 26.4 Å². The zero-order valence-corrected chi connectivity index (χ0v) is 13.9. The van der Waals surface area contributed by atoms with E-state index in [9.17, 15) is 0 Å². The van der Waals surface area contributed by atoms with Crippen LogP contribution in [0.1, 0.15) is 25.8 Å². The van der Waals surface area contributed by atoms with Crippen molar-refractivity contribution in [2.75, 3.05) is 33.0 Å².